The normalized spacial score (nSPS) is 12.7. The number of esters is 1. The maximum Gasteiger partial charge on any atom is 0.379 e. The maximum absolute atomic E-state index is 12.6. The Morgan fingerprint density at radius 1 is 1.15 bits per heavy atom. The molecule has 11 heteroatoms. The number of aliphatic hydroxyl groups is 2. The van der Waals surface area contributed by atoms with Gasteiger partial charge in [0.1, 0.15) is 17.3 Å². The number of carboxylic acids is 1. The van der Waals surface area contributed by atoms with Crippen molar-refractivity contribution >= 4 is 23.7 Å². The molecule has 0 spiro atoms. The Morgan fingerprint density at radius 3 is 2.36 bits per heavy atom. The van der Waals surface area contributed by atoms with Crippen LogP contribution in [0.4, 0.5) is 0 Å². The maximum atomic E-state index is 12.6. The molecule has 178 valence electrons. The summed E-state index contributed by atoms with van der Waals surface area (Å²) >= 11 is 0. The zero-order valence-electron chi connectivity index (χ0n) is 18.0. The molecule has 0 radical (unpaired) electrons. The number of aliphatic carboxylic acids is 1. The molecule has 0 aliphatic carbocycles. The number of hydrogen-bond acceptors (Lipinski definition) is 8. The molecule has 2 atom stereocenters. The number of hydrogen-bond donors (Lipinski definition) is 6. The van der Waals surface area contributed by atoms with Gasteiger partial charge in [0, 0.05) is 24.3 Å². The Morgan fingerprint density at radius 2 is 1.82 bits per heavy atom. The van der Waals surface area contributed by atoms with Crippen LogP contribution in [-0.2, 0) is 16.0 Å². The predicted octanol–water partition coefficient (Wildman–Crippen LogP) is 1.01. The third kappa shape index (κ3) is 7.74. The van der Waals surface area contributed by atoms with Crippen molar-refractivity contribution < 1.29 is 38.9 Å². The van der Waals surface area contributed by atoms with Crippen LogP contribution < -0.4 is 15.8 Å². The fourth-order valence-electron chi connectivity index (χ4n) is 3.00. The summed E-state index contributed by atoms with van der Waals surface area (Å²) in [6, 6.07) is 7.89. The summed E-state index contributed by atoms with van der Waals surface area (Å²) in [5.74, 6) is -2.55. The first-order valence-corrected chi connectivity index (χ1v) is 10.2. The Labute approximate surface area is 189 Å². The molecule has 0 fully saturated rings. The summed E-state index contributed by atoms with van der Waals surface area (Å²) in [4.78, 5) is 35.6. The van der Waals surface area contributed by atoms with Crippen LogP contribution in [0, 0.1) is 11.3 Å². The summed E-state index contributed by atoms with van der Waals surface area (Å²) in [6.45, 7) is 1.76. The van der Waals surface area contributed by atoms with Crippen LogP contribution in [0.25, 0.3) is 0 Å². The fourth-order valence-corrected chi connectivity index (χ4v) is 3.00. The predicted molar refractivity (Wildman–Crippen MR) is 116 cm³/mol. The number of nitrogen functional groups attached to an aromatic ring is 1. The van der Waals surface area contributed by atoms with Crippen molar-refractivity contribution in [2.45, 2.75) is 44.9 Å². The van der Waals surface area contributed by atoms with Gasteiger partial charge in [-0.3, -0.25) is 15.0 Å². The topological polar surface area (TPSA) is 196 Å². The highest BCUT2D eigenvalue weighted by atomic mass is 16.5. The minimum absolute atomic E-state index is 0.0685. The Bertz CT molecular complexity index is 984. The van der Waals surface area contributed by atoms with E-state index in [-0.39, 0.29) is 36.6 Å². The van der Waals surface area contributed by atoms with Gasteiger partial charge < -0.3 is 35.5 Å². The molecule has 33 heavy (non-hydrogen) atoms. The number of aliphatic hydroxyl groups excluding tert-OH is 1. The quantitative estimate of drug-likeness (QED) is 0.0878. The lowest BCUT2D eigenvalue weighted by molar-refractivity contribution is -0.139. The van der Waals surface area contributed by atoms with Crippen LogP contribution in [0.2, 0.25) is 0 Å². The van der Waals surface area contributed by atoms with Crippen LogP contribution in [-0.4, -0.2) is 51.3 Å². The Kier molecular flexibility index (Phi) is 9.13. The first-order chi connectivity index (χ1) is 15.6. The van der Waals surface area contributed by atoms with Gasteiger partial charge in [0.2, 0.25) is 11.7 Å². The number of carbonyl (C=O) groups is 3. The number of rotatable bonds is 12. The molecular weight excluding hydrogens is 434 g/mol. The number of amidine groups is 1. The third-order valence-corrected chi connectivity index (χ3v) is 4.91. The van der Waals surface area contributed by atoms with E-state index in [2.05, 4.69) is 5.32 Å². The summed E-state index contributed by atoms with van der Waals surface area (Å²) in [5.41, 5.74) is 5.87. The number of nitrogens with one attached hydrogen (secondary N) is 2. The lowest BCUT2D eigenvalue weighted by atomic mass is 9.99. The van der Waals surface area contributed by atoms with E-state index >= 15 is 0 Å². The number of amides is 1. The molecule has 1 heterocycles. The van der Waals surface area contributed by atoms with Crippen molar-refractivity contribution in [2.75, 3.05) is 0 Å². The number of benzene rings is 1. The molecule has 0 saturated heterocycles. The molecule has 0 aliphatic rings. The van der Waals surface area contributed by atoms with Crippen molar-refractivity contribution in [1.29, 1.82) is 5.41 Å². The average Bonchev–Trinajstić information content (AvgIpc) is 3.23. The van der Waals surface area contributed by atoms with Crippen LogP contribution >= 0.6 is 0 Å². The van der Waals surface area contributed by atoms with Crippen molar-refractivity contribution in [3.8, 4) is 5.75 Å². The van der Waals surface area contributed by atoms with Gasteiger partial charge >= 0.3 is 11.9 Å². The Hall–Kier alpha value is -3.70. The van der Waals surface area contributed by atoms with Gasteiger partial charge in [-0.05, 0) is 49.2 Å². The monoisotopic (exact) mass is 461 g/mol. The lowest BCUT2D eigenvalue weighted by Gasteiger charge is -2.22. The zero-order chi connectivity index (χ0) is 24.5. The second-order valence-electron chi connectivity index (χ2n) is 7.36. The molecule has 0 aliphatic heterocycles. The minimum Gasteiger partial charge on any atom is -0.481 e. The van der Waals surface area contributed by atoms with Crippen LogP contribution in [0.1, 0.15) is 48.1 Å². The molecule has 2 aromatic rings. The number of ether oxygens (including phenoxy) is 1. The SMILES string of the molecule is CCC(Cc1ccc(C(=O)Oc2ccc(C(=N)N)cc2)o1)C(=O)N[C@H](CCC(=O)O)C(O)O. The second kappa shape index (κ2) is 11.8. The largest absolute Gasteiger partial charge is 0.481 e. The molecule has 11 nitrogen and oxygen atoms in total. The fraction of sp³-hybridized carbons (Fsp3) is 0.364. The average molecular weight is 461 g/mol. The van der Waals surface area contributed by atoms with E-state index in [1.165, 1.54) is 36.4 Å². The van der Waals surface area contributed by atoms with Gasteiger partial charge in [0.05, 0.1) is 6.04 Å². The molecule has 0 bridgehead atoms. The number of carboxylic acid groups (broad SMARTS) is 1. The third-order valence-electron chi connectivity index (χ3n) is 4.91. The van der Waals surface area contributed by atoms with Gasteiger partial charge in [-0.2, -0.15) is 0 Å². The van der Waals surface area contributed by atoms with Crippen LogP contribution in [0.15, 0.2) is 40.8 Å². The standard InChI is InChI=1S/C22H27N3O8/c1-2-12(20(28)25-16(21(29)30)8-10-18(26)27)11-15-7-9-17(32-15)22(31)33-14-5-3-13(4-6-14)19(23)24/h3-7,9,12,16,21,29-30H,2,8,10-11H2,1H3,(H3,23,24)(H,25,28)(H,26,27)/t12?,16-/m1/s1. The summed E-state index contributed by atoms with van der Waals surface area (Å²) in [7, 11) is 0. The number of nitrogens with two attached hydrogens (primary N) is 1. The molecule has 1 unspecified atom stereocenters. The van der Waals surface area contributed by atoms with Crippen molar-refractivity contribution in [3.63, 3.8) is 0 Å². The molecule has 1 aromatic carbocycles. The first-order valence-electron chi connectivity index (χ1n) is 10.2. The van der Waals surface area contributed by atoms with Crippen LogP contribution in [0.3, 0.4) is 0 Å². The van der Waals surface area contributed by atoms with E-state index in [1.54, 1.807) is 6.92 Å². The zero-order valence-corrected chi connectivity index (χ0v) is 18.0. The Balaban J connectivity index is 1.98. The van der Waals surface area contributed by atoms with Gasteiger partial charge in [-0.1, -0.05) is 6.92 Å². The lowest BCUT2D eigenvalue weighted by Crippen LogP contribution is -2.46. The molecule has 7 N–H and O–H groups in total. The highest BCUT2D eigenvalue weighted by Gasteiger charge is 2.26. The first kappa shape index (κ1) is 25.6. The number of carbonyl (C=O) groups excluding carboxylic acids is 2. The molecule has 0 saturated carbocycles. The van der Waals surface area contributed by atoms with Crippen molar-refractivity contribution in [1.82, 2.24) is 5.32 Å². The summed E-state index contributed by atoms with van der Waals surface area (Å²) in [5, 5.41) is 37.4. The molecule has 1 aromatic heterocycles. The minimum atomic E-state index is -1.90. The molecule has 1 amide bonds. The number of furan rings is 1. The molecular formula is C22H27N3O8. The van der Waals surface area contributed by atoms with Gasteiger partial charge in [0.25, 0.3) is 0 Å². The van der Waals surface area contributed by atoms with E-state index < -0.39 is 36.1 Å². The summed E-state index contributed by atoms with van der Waals surface area (Å²) in [6.07, 6.45) is -1.85. The highest BCUT2D eigenvalue weighted by molar-refractivity contribution is 5.95. The highest BCUT2D eigenvalue weighted by Crippen LogP contribution is 2.19. The van der Waals surface area contributed by atoms with E-state index in [0.29, 0.717) is 17.7 Å². The van der Waals surface area contributed by atoms with Crippen LogP contribution in [0.5, 0.6) is 5.75 Å². The van der Waals surface area contributed by atoms with E-state index in [4.69, 9.17) is 25.4 Å². The van der Waals surface area contributed by atoms with Crippen molar-refractivity contribution in [3.05, 3.63) is 53.5 Å². The summed E-state index contributed by atoms with van der Waals surface area (Å²) < 4.78 is 10.7. The second-order valence-corrected chi connectivity index (χ2v) is 7.36. The van der Waals surface area contributed by atoms with E-state index in [9.17, 15) is 24.6 Å². The smallest absolute Gasteiger partial charge is 0.379 e. The van der Waals surface area contributed by atoms with Gasteiger partial charge in [0.15, 0.2) is 6.29 Å². The van der Waals surface area contributed by atoms with E-state index in [0.717, 1.165) is 0 Å². The molecule has 2 rings (SSSR count). The van der Waals surface area contributed by atoms with Gasteiger partial charge in [-0.25, -0.2) is 4.79 Å². The van der Waals surface area contributed by atoms with Crippen molar-refractivity contribution in [2.24, 2.45) is 11.7 Å². The van der Waals surface area contributed by atoms with Gasteiger partial charge in [-0.15, -0.1) is 0 Å². The van der Waals surface area contributed by atoms with E-state index in [1.807, 2.05) is 0 Å².